The number of benzene rings is 1. The second-order valence-electron chi connectivity index (χ2n) is 8.61. The fraction of sp³-hybridized carbons (Fsp3) is 0.545. The predicted molar refractivity (Wildman–Crippen MR) is 117 cm³/mol. The molecule has 0 amide bonds. The molecule has 6 atom stereocenters. The third-order valence-corrected chi connectivity index (χ3v) is 11.4. The van der Waals surface area contributed by atoms with Crippen molar-refractivity contribution in [2.24, 2.45) is 5.41 Å². The largest absolute Gasteiger partial charge is 0.407 e. The summed E-state index contributed by atoms with van der Waals surface area (Å²) in [5.41, 5.74) is 1.72. The van der Waals surface area contributed by atoms with E-state index in [4.69, 9.17) is 23.4 Å². The maximum Gasteiger partial charge on any atom is 0.198 e. The molecule has 0 unspecified atom stereocenters. The van der Waals surface area contributed by atoms with Gasteiger partial charge in [0.15, 0.2) is 20.9 Å². The van der Waals surface area contributed by atoms with Crippen molar-refractivity contribution in [1.82, 2.24) is 0 Å². The van der Waals surface area contributed by atoms with Crippen LogP contribution < -0.4 is 0 Å². The number of halogens is 1. The zero-order chi connectivity index (χ0) is 20.6. The zero-order valence-electron chi connectivity index (χ0n) is 17.3. The lowest BCUT2D eigenvalue weighted by molar-refractivity contribution is -0.320. The summed E-state index contributed by atoms with van der Waals surface area (Å²) in [7, 11) is -0.104. The van der Waals surface area contributed by atoms with E-state index in [2.05, 4.69) is 54.2 Å². The van der Waals surface area contributed by atoms with Gasteiger partial charge in [-0.2, -0.15) is 0 Å². The first-order valence-corrected chi connectivity index (χ1v) is 14.3. The van der Waals surface area contributed by atoms with Crippen molar-refractivity contribution in [3.05, 3.63) is 59.7 Å². The second-order valence-corrected chi connectivity index (χ2v) is 14.3. The molecule has 2 heterocycles. The van der Waals surface area contributed by atoms with E-state index in [-0.39, 0.29) is 23.7 Å². The van der Waals surface area contributed by atoms with Crippen molar-refractivity contribution in [1.29, 1.82) is 0 Å². The third kappa shape index (κ3) is 4.19. The van der Waals surface area contributed by atoms with Crippen molar-refractivity contribution < 1.29 is 23.4 Å². The van der Waals surface area contributed by atoms with Gasteiger partial charge in [0.2, 0.25) is 0 Å². The van der Waals surface area contributed by atoms with Gasteiger partial charge < -0.3 is 23.4 Å². The van der Waals surface area contributed by atoms with Gasteiger partial charge in [-0.15, -0.1) is 0 Å². The van der Waals surface area contributed by atoms with E-state index in [9.17, 15) is 0 Å². The first-order chi connectivity index (χ1) is 13.9. The highest BCUT2D eigenvalue weighted by Gasteiger charge is 2.54. The summed E-state index contributed by atoms with van der Waals surface area (Å²) in [6, 6.07) is 10.0. The lowest BCUT2D eigenvalue weighted by atomic mass is 9.69. The normalized spacial score (nSPS) is 36.9. The van der Waals surface area contributed by atoms with Crippen LogP contribution in [-0.4, -0.2) is 51.6 Å². The Labute approximate surface area is 182 Å². The fourth-order valence-corrected chi connectivity index (χ4v) is 5.58. The fourth-order valence-electron chi connectivity index (χ4n) is 4.24. The van der Waals surface area contributed by atoms with Crippen molar-refractivity contribution in [3.8, 4) is 0 Å². The summed E-state index contributed by atoms with van der Waals surface area (Å²) in [6.07, 6.45) is 5.22. The summed E-state index contributed by atoms with van der Waals surface area (Å²) in [5, 5.41) is 0. The summed E-state index contributed by atoms with van der Waals surface area (Å²) >= 11 is 3.59. The summed E-state index contributed by atoms with van der Waals surface area (Å²) in [5.74, 6) is 0. The lowest BCUT2D eigenvalue weighted by Crippen LogP contribution is -2.59. The molecule has 0 spiro atoms. The molecule has 2 fully saturated rings. The molecule has 29 heavy (non-hydrogen) atoms. The van der Waals surface area contributed by atoms with Crippen LogP contribution in [0.5, 0.6) is 0 Å². The van der Waals surface area contributed by atoms with Gasteiger partial charge in [0.1, 0.15) is 12.2 Å². The number of hydrogen-bond donors (Lipinski definition) is 0. The molecule has 5 nitrogen and oxygen atoms in total. The lowest BCUT2D eigenvalue weighted by Gasteiger charge is -2.52. The average Bonchev–Trinajstić information content (AvgIpc) is 2.74. The summed E-state index contributed by atoms with van der Waals surface area (Å²) in [6.45, 7) is 7.06. The van der Waals surface area contributed by atoms with Gasteiger partial charge in [-0.3, -0.25) is 0 Å². The van der Waals surface area contributed by atoms with Crippen LogP contribution in [0.15, 0.2) is 54.1 Å². The molecular formula is C22H29BrO5Si. The molecule has 158 valence electrons. The molecule has 0 radical (unpaired) electrons. The van der Waals surface area contributed by atoms with Crippen LogP contribution in [0, 0.1) is 5.41 Å². The Morgan fingerprint density at radius 3 is 2.66 bits per heavy atom. The Morgan fingerprint density at radius 1 is 1.21 bits per heavy atom. The van der Waals surface area contributed by atoms with E-state index in [1.54, 1.807) is 7.11 Å². The van der Waals surface area contributed by atoms with Crippen LogP contribution in [-0.2, 0) is 23.4 Å². The molecular weight excluding hydrogens is 452 g/mol. The molecule has 1 aromatic rings. The van der Waals surface area contributed by atoms with Gasteiger partial charge >= 0.3 is 0 Å². The molecule has 7 heteroatoms. The van der Waals surface area contributed by atoms with Crippen LogP contribution in [0.25, 0.3) is 0 Å². The maximum absolute atomic E-state index is 6.46. The molecule has 4 rings (SSSR count). The van der Waals surface area contributed by atoms with E-state index < -0.39 is 20.9 Å². The highest BCUT2D eigenvalue weighted by atomic mass is 79.9. The Hall–Kier alpha value is -0.803. The molecule has 2 aliphatic heterocycles. The van der Waals surface area contributed by atoms with Crippen molar-refractivity contribution in [3.63, 3.8) is 0 Å². The highest BCUT2D eigenvalue weighted by molar-refractivity contribution is 9.09. The second kappa shape index (κ2) is 8.38. The molecule has 1 aromatic carbocycles. The Morgan fingerprint density at radius 2 is 1.97 bits per heavy atom. The van der Waals surface area contributed by atoms with E-state index in [1.807, 2.05) is 30.3 Å². The van der Waals surface area contributed by atoms with Gasteiger partial charge in [-0.05, 0) is 31.7 Å². The first kappa shape index (κ1) is 21.4. The van der Waals surface area contributed by atoms with Crippen LogP contribution in [0.3, 0.4) is 0 Å². The van der Waals surface area contributed by atoms with Gasteiger partial charge in [0.25, 0.3) is 0 Å². The molecule has 0 bridgehead atoms. The van der Waals surface area contributed by atoms with E-state index in [0.717, 1.165) is 16.1 Å². The van der Waals surface area contributed by atoms with Crippen LogP contribution in [0.1, 0.15) is 18.8 Å². The number of rotatable bonds is 5. The van der Waals surface area contributed by atoms with Gasteiger partial charge in [-0.1, -0.05) is 58.4 Å². The number of alkyl halides is 1. The minimum Gasteiger partial charge on any atom is -0.407 e. The zero-order valence-corrected chi connectivity index (χ0v) is 19.9. The quantitative estimate of drug-likeness (QED) is 0.352. The maximum atomic E-state index is 6.46. The topological polar surface area (TPSA) is 46.2 Å². The summed E-state index contributed by atoms with van der Waals surface area (Å²) < 4.78 is 30.8. The number of fused-ring (bicyclic) bond motifs is 3. The number of hydrogen-bond acceptors (Lipinski definition) is 5. The Balaban J connectivity index is 1.61. The van der Waals surface area contributed by atoms with Crippen LogP contribution in [0.2, 0.25) is 13.1 Å². The predicted octanol–water partition coefficient (Wildman–Crippen LogP) is 4.50. The van der Waals surface area contributed by atoms with Crippen LogP contribution >= 0.6 is 15.9 Å². The van der Waals surface area contributed by atoms with Gasteiger partial charge in [0.05, 0.1) is 12.7 Å². The monoisotopic (exact) mass is 480 g/mol. The smallest absolute Gasteiger partial charge is 0.198 e. The summed E-state index contributed by atoms with van der Waals surface area (Å²) in [4.78, 5) is 0.888. The third-order valence-electron chi connectivity index (χ3n) is 5.82. The minimum atomic E-state index is -1.78. The first-order valence-electron chi connectivity index (χ1n) is 10.0. The number of methoxy groups -OCH3 is 1. The van der Waals surface area contributed by atoms with Crippen molar-refractivity contribution >= 4 is 24.2 Å². The average molecular weight is 481 g/mol. The van der Waals surface area contributed by atoms with Crippen molar-refractivity contribution in [2.45, 2.75) is 50.9 Å². The van der Waals surface area contributed by atoms with E-state index >= 15 is 0 Å². The number of ether oxygens (including phenoxy) is 4. The molecule has 2 saturated heterocycles. The molecule has 0 saturated carbocycles. The van der Waals surface area contributed by atoms with E-state index in [1.165, 1.54) is 0 Å². The molecule has 3 aliphatic rings. The SMILES string of the molecule is CO[C@H]1O[C@@H]2CO[C@@H](c3ccccc3)O[C@H]2[C@]2(C)C=C[C@@H](O[Si](C)(C)CBr)C=C12. The van der Waals surface area contributed by atoms with Gasteiger partial charge in [-0.25, -0.2) is 0 Å². The van der Waals surface area contributed by atoms with Gasteiger partial charge in [0, 0.05) is 23.0 Å². The molecule has 0 aromatic heterocycles. The Kier molecular flexibility index (Phi) is 6.19. The standard InChI is InChI=1S/C22H29BrO5Si/c1-22-11-10-16(28-29(3,4)14-23)12-17(22)21(24-2)26-18-13-25-20(27-19(18)22)15-8-6-5-7-9-15/h5-12,16,18-21H,13-14H2,1-4H3/t16-,18-,19-,20-,21+,22-/m1/s1. The molecule has 0 N–H and O–H groups in total. The molecule has 1 aliphatic carbocycles. The van der Waals surface area contributed by atoms with Crippen LogP contribution in [0.4, 0.5) is 0 Å². The Bertz CT molecular complexity index is 783. The van der Waals surface area contributed by atoms with E-state index in [0.29, 0.717) is 6.61 Å². The highest BCUT2D eigenvalue weighted by Crippen LogP contribution is 2.49. The minimum absolute atomic E-state index is 0.0835. The van der Waals surface area contributed by atoms with Crippen molar-refractivity contribution in [2.75, 3.05) is 18.7 Å².